The smallest absolute Gasteiger partial charge is 0.368 e. The summed E-state index contributed by atoms with van der Waals surface area (Å²) in [6, 6.07) is 10.5. The number of pyridine rings is 1. The van der Waals surface area contributed by atoms with Crippen LogP contribution in [-0.2, 0) is 17.4 Å². The molecule has 0 unspecified atom stereocenters. The molecule has 1 aliphatic rings. The molecule has 0 saturated heterocycles. The lowest BCUT2D eigenvalue weighted by Crippen LogP contribution is -2.43. The van der Waals surface area contributed by atoms with E-state index in [9.17, 15) is 27.2 Å². The third-order valence-electron chi connectivity index (χ3n) is 5.76. The zero-order valence-electron chi connectivity index (χ0n) is 17.5. The first-order chi connectivity index (χ1) is 16.1. The Kier molecular flexibility index (Phi) is 6.31. The van der Waals surface area contributed by atoms with Gasteiger partial charge in [-0.2, -0.15) is 13.2 Å². The summed E-state index contributed by atoms with van der Waals surface area (Å²) in [6.45, 7) is 0. The fourth-order valence-electron chi connectivity index (χ4n) is 4.28. The van der Waals surface area contributed by atoms with Crippen LogP contribution in [0.15, 0.2) is 60.8 Å². The zero-order chi connectivity index (χ0) is 24.6. The third kappa shape index (κ3) is 4.48. The highest BCUT2D eigenvalue weighted by Crippen LogP contribution is 2.43. The predicted molar refractivity (Wildman–Crippen MR) is 116 cm³/mol. The summed E-state index contributed by atoms with van der Waals surface area (Å²) in [5, 5.41) is 0.113. The van der Waals surface area contributed by atoms with Crippen molar-refractivity contribution in [3.05, 3.63) is 99.6 Å². The summed E-state index contributed by atoms with van der Waals surface area (Å²) in [5.41, 5.74) is 5.55. The Bertz CT molecular complexity index is 1230. The summed E-state index contributed by atoms with van der Waals surface area (Å²) >= 11 is 6.06. The minimum absolute atomic E-state index is 0.113. The average Bonchev–Trinajstić information content (AvgIpc) is 3.20. The molecule has 0 aliphatic heterocycles. The number of alkyl halides is 3. The molecule has 1 aliphatic carbocycles. The number of carbonyl (C=O) groups excluding carboxylic acids is 2. The molecule has 2 atom stereocenters. The van der Waals surface area contributed by atoms with Crippen LogP contribution in [0.3, 0.4) is 0 Å². The van der Waals surface area contributed by atoms with E-state index in [1.54, 1.807) is 30.3 Å². The number of rotatable bonds is 5. The monoisotopic (exact) mass is 491 g/mol. The number of fused-ring (bicyclic) bond motifs is 1. The van der Waals surface area contributed by atoms with Crippen molar-refractivity contribution < 1.29 is 27.2 Å². The number of nitrogens with zero attached hydrogens (tertiary/aromatic N) is 2. The van der Waals surface area contributed by atoms with Gasteiger partial charge in [-0.15, -0.1) is 0 Å². The van der Waals surface area contributed by atoms with Crippen LogP contribution in [0.2, 0.25) is 5.02 Å². The van der Waals surface area contributed by atoms with Crippen molar-refractivity contribution in [1.82, 2.24) is 9.88 Å². The number of amides is 2. The van der Waals surface area contributed by atoms with Gasteiger partial charge >= 0.3 is 6.18 Å². The van der Waals surface area contributed by atoms with E-state index in [2.05, 4.69) is 4.98 Å². The molecule has 2 aromatic carbocycles. The lowest BCUT2D eigenvalue weighted by atomic mass is 9.98. The molecule has 34 heavy (non-hydrogen) atoms. The molecule has 4 rings (SSSR count). The van der Waals surface area contributed by atoms with Crippen molar-refractivity contribution in [2.75, 3.05) is 0 Å². The Morgan fingerprint density at radius 2 is 1.82 bits per heavy atom. The van der Waals surface area contributed by atoms with Crippen molar-refractivity contribution in [3.63, 3.8) is 0 Å². The van der Waals surface area contributed by atoms with Gasteiger partial charge in [0.15, 0.2) is 0 Å². The lowest BCUT2D eigenvalue weighted by molar-refractivity contribution is -0.141. The van der Waals surface area contributed by atoms with E-state index >= 15 is 0 Å². The number of hydrogen-bond acceptors (Lipinski definition) is 3. The van der Waals surface area contributed by atoms with E-state index in [0.29, 0.717) is 22.8 Å². The first-order valence-corrected chi connectivity index (χ1v) is 10.6. The molecule has 2 amide bonds. The highest BCUT2D eigenvalue weighted by molar-refractivity contribution is 6.30. The van der Waals surface area contributed by atoms with Crippen LogP contribution in [0.5, 0.6) is 0 Å². The Labute approximate surface area is 197 Å². The van der Waals surface area contributed by atoms with Gasteiger partial charge in [0.1, 0.15) is 17.6 Å². The highest BCUT2D eigenvalue weighted by Gasteiger charge is 2.41. The quantitative estimate of drug-likeness (QED) is 0.495. The first kappa shape index (κ1) is 23.7. The van der Waals surface area contributed by atoms with E-state index in [1.807, 2.05) is 0 Å². The van der Waals surface area contributed by atoms with Gasteiger partial charge in [-0.25, -0.2) is 4.39 Å². The van der Waals surface area contributed by atoms with Gasteiger partial charge in [0.2, 0.25) is 5.91 Å². The number of benzene rings is 2. The van der Waals surface area contributed by atoms with Gasteiger partial charge in [-0.3, -0.25) is 14.6 Å². The fourth-order valence-corrected chi connectivity index (χ4v) is 4.50. The maximum Gasteiger partial charge on any atom is 0.433 e. The Balaban J connectivity index is 1.85. The highest BCUT2D eigenvalue weighted by atomic mass is 35.5. The SMILES string of the molecule is NC(=O)[C@@H](c1ccccc1)N(C(=O)c1ccc(C(F)(F)F)nc1)[C@@H]1CCc2c(F)cc(Cl)cc21. The summed E-state index contributed by atoms with van der Waals surface area (Å²) in [6.07, 6.45) is -3.34. The van der Waals surface area contributed by atoms with Gasteiger partial charge in [-0.05, 0) is 53.8 Å². The van der Waals surface area contributed by atoms with Crippen LogP contribution < -0.4 is 5.73 Å². The van der Waals surface area contributed by atoms with E-state index in [0.717, 1.165) is 18.3 Å². The summed E-state index contributed by atoms with van der Waals surface area (Å²) in [5.74, 6) is -2.16. The summed E-state index contributed by atoms with van der Waals surface area (Å²) < 4.78 is 53.4. The molecule has 1 aromatic heterocycles. The number of nitrogens with two attached hydrogens (primary N) is 1. The van der Waals surface area contributed by atoms with Gasteiger partial charge in [0.25, 0.3) is 5.91 Å². The molecule has 1 heterocycles. The molecule has 10 heteroatoms. The second-order valence-corrected chi connectivity index (χ2v) is 8.30. The molecule has 2 N–H and O–H groups in total. The molecular formula is C24H18ClF4N3O2. The predicted octanol–water partition coefficient (Wildman–Crippen LogP) is 5.25. The third-order valence-corrected chi connectivity index (χ3v) is 5.97. The van der Waals surface area contributed by atoms with E-state index in [4.69, 9.17) is 17.3 Å². The molecule has 0 fully saturated rings. The summed E-state index contributed by atoms with van der Waals surface area (Å²) in [4.78, 5) is 30.8. The number of aromatic nitrogens is 1. The maximum absolute atomic E-state index is 14.6. The van der Waals surface area contributed by atoms with Crippen LogP contribution in [0.25, 0.3) is 0 Å². The molecule has 3 aromatic rings. The van der Waals surface area contributed by atoms with Crippen LogP contribution in [-0.4, -0.2) is 21.7 Å². The van der Waals surface area contributed by atoms with Crippen LogP contribution >= 0.6 is 11.6 Å². The van der Waals surface area contributed by atoms with Gasteiger partial charge in [0, 0.05) is 11.2 Å². The van der Waals surface area contributed by atoms with Crippen molar-refractivity contribution in [3.8, 4) is 0 Å². The van der Waals surface area contributed by atoms with Crippen LogP contribution in [0, 0.1) is 5.82 Å². The van der Waals surface area contributed by atoms with Gasteiger partial charge in [-0.1, -0.05) is 41.9 Å². The lowest BCUT2D eigenvalue weighted by Gasteiger charge is -2.36. The maximum atomic E-state index is 14.6. The zero-order valence-corrected chi connectivity index (χ0v) is 18.3. The molecular weight excluding hydrogens is 474 g/mol. The van der Waals surface area contributed by atoms with Crippen LogP contribution in [0.4, 0.5) is 17.6 Å². The molecule has 0 spiro atoms. The Hall–Kier alpha value is -3.46. The molecule has 0 bridgehead atoms. The second-order valence-electron chi connectivity index (χ2n) is 7.87. The van der Waals surface area contributed by atoms with E-state index in [-0.39, 0.29) is 23.4 Å². The second kappa shape index (κ2) is 9.06. The largest absolute Gasteiger partial charge is 0.433 e. The minimum Gasteiger partial charge on any atom is -0.368 e. The molecule has 0 saturated carbocycles. The number of carbonyl (C=O) groups is 2. The van der Waals surface area contributed by atoms with Crippen LogP contribution in [0.1, 0.15) is 51.2 Å². The molecule has 5 nitrogen and oxygen atoms in total. The Morgan fingerprint density at radius 1 is 1.12 bits per heavy atom. The number of primary amides is 1. The molecule has 0 radical (unpaired) electrons. The first-order valence-electron chi connectivity index (χ1n) is 10.3. The van der Waals surface area contributed by atoms with Crippen molar-refractivity contribution in [1.29, 1.82) is 0 Å². The normalized spacial score (nSPS) is 16.1. The average molecular weight is 492 g/mol. The van der Waals surface area contributed by atoms with Crippen molar-refractivity contribution in [2.24, 2.45) is 5.73 Å². The number of hydrogen-bond donors (Lipinski definition) is 1. The van der Waals surface area contributed by atoms with Gasteiger partial charge < -0.3 is 10.6 Å². The minimum atomic E-state index is -4.68. The number of halogens is 5. The molecule has 176 valence electrons. The fraction of sp³-hybridized carbons (Fsp3) is 0.208. The van der Waals surface area contributed by atoms with E-state index < -0.39 is 41.6 Å². The summed E-state index contributed by atoms with van der Waals surface area (Å²) in [7, 11) is 0. The van der Waals surface area contributed by atoms with E-state index in [1.165, 1.54) is 11.0 Å². The van der Waals surface area contributed by atoms with Crippen molar-refractivity contribution in [2.45, 2.75) is 31.1 Å². The van der Waals surface area contributed by atoms with Gasteiger partial charge in [0.05, 0.1) is 11.6 Å². The standard InChI is InChI=1S/C24H18ClF4N3O2/c25-15-10-17-16(18(26)11-15)7-8-19(17)32(21(22(30)33)13-4-2-1-3-5-13)23(34)14-6-9-20(31-12-14)24(27,28)29/h1-6,9-12,19,21H,7-8H2,(H2,30,33)/t19-,21-/m1/s1. The van der Waals surface area contributed by atoms with Crippen molar-refractivity contribution >= 4 is 23.4 Å². The Morgan fingerprint density at radius 3 is 2.41 bits per heavy atom. The topological polar surface area (TPSA) is 76.3 Å².